The van der Waals surface area contributed by atoms with E-state index >= 15 is 0 Å². The smallest absolute Gasteiger partial charge is 0.339 e. The number of hydrogen-bond donors (Lipinski definition) is 1. The molecule has 0 atom stereocenters. The molecule has 1 aliphatic heterocycles. The van der Waals surface area contributed by atoms with Crippen molar-refractivity contribution in [3.63, 3.8) is 0 Å². The predicted octanol–water partition coefficient (Wildman–Crippen LogP) is 5.62. The lowest BCUT2D eigenvalue weighted by atomic mass is 10.1. The van der Waals surface area contributed by atoms with Gasteiger partial charge in [0.2, 0.25) is 11.7 Å². The zero-order valence-corrected chi connectivity index (χ0v) is 23.4. The molecule has 0 unspecified atom stereocenters. The van der Waals surface area contributed by atoms with E-state index in [1.807, 2.05) is 31.2 Å². The first-order valence-corrected chi connectivity index (χ1v) is 14.1. The Balaban J connectivity index is 1.56. The van der Waals surface area contributed by atoms with Crippen molar-refractivity contribution in [2.75, 3.05) is 12.4 Å². The standard InChI is InChI=1S/C27H23ClN2O7S2/c1-16-4-6-18(7-5-16)15-30-26(32)24(38-27(30)33)14-19-12-22(28)25(23(13-19)36-3)37-39(34,35)21-10-8-20(9-11-21)29-17(2)31/h4-14H,15H2,1-3H3,(H,29,31)/b24-14-. The lowest BCUT2D eigenvalue weighted by Crippen LogP contribution is -2.27. The van der Waals surface area contributed by atoms with Crippen LogP contribution in [-0.2, 0) is 26.3 Å². The van der Waals surface area contributed by atoms with Gasteiger partial charge in [0, 0.05) is 12.6 Å². The number of methoxy groups -OCH3 is 1. The van der Waals surface area contributed by atoms with E-state index in [1.165, 1.54) is 56.5 Å². The highest BCUT2D eigenvalue weighted by atomic mass is 35.5. The van der Waals surface area contributed by atoms with Gasteiger partial charge in [-0.15, -0.1) is 0 Å². The number of carbonyl (C=O) groups is 3. The largest absolute Gasteiger partial charge is 0.493 e. The first kappa shape index (κ1) is 28.2. The van der Waals surface area contributed by atoms with E-state index in [0.717, 1.165) is 27.8 Å². The van der Waals surface area contributed by atoms with Crippen LogP contribution in [0.15, 0.2) is 70.5 Å². The van der Waals surface area contributed by atoms with Crippen molar-refractivity contribution < 1.29 is 31.7 Å². The van der Waals surface area contributed by atoms with Gasteiger partial charge in [-0.3, -0.25) is 19.3 Å². The van der Waals surface area contributed by atoms with Crippen molar-refractivity contribution >= 4 is 62.3 Å². The van der Waals surface area contributed by atoms with Crippen LogP contribution in [0.5, 0.6) is 11.5 Å². The second kappa shape index (κ2) is 11.5. The minimum absolute atomic E-state index is 0.00563. The highest BCUT2D eigenvalue weighted by Gasteiger charge is 2.35. The second-order valence-corrected chi connectivity index (χ2v) is 11.5. The molecule has 1 N–H and O–H groups in total. The molecule has 1 fully saturated rings. The summed E-state index contributed by atoms with van der Waals surface area (Å²) in [6.45, 7) is 3.43. The fraction of sp³-hybridized carbons (Fsp3) is 0.148. The van der Waals surface area contributed by atoms with Gasteiger partial charge in [-0.1, -0.05) is 41.4 Å². The van der Waals surface area contributed by atoms with Gasteiger partial charge in [0.15, 0.2) is 5.75 Å². The number of thioether (sulfide) groups is 1. The molecule has 0 aliphatic carbocycles. The average molecular weight is 587 g/mol. The quantitative estimate of drug-likeness (QED) is 0.267. The summed E-state index contributed by atoms with van der Waals surface area (Å²) >= 11 is 7.17. The number of anilines is 1. The minimum Gasteiger partial charge on any atom is -0.493 e. The zero-order chi connectivity index (χ0) is 28.3. The molecular weight excluding hydrogens is 564 g/mol. The lowest BCUT2D eigenvalue weighted by Gasteiger charge is -2.14. The molecule has 202 valence electrons. The van der Waals surface area contributed by atoms with Crippen molar-refractivity contribution in [1.29, 1.82) is 0 Å². The number of carbonyl (C=O) groups excluding carboxylic acids is 3. The van der Waals surface area contributed by atoms with E-state index in [-0.39, 0.29) is 38.8 Å². The molecule has 3 aromatic carbocycles. The number of benzene rings is 3. The molecule has 9 nitrogen and oxygen atoms in total. The van der Waals surface area contributed by atoms with Crippen LogP contribution < -0.4 is 14.2 Å². The van der Waals surface area contributed by atoms with Gasteiger partial charge in [0.25, 0.3) is 11.1 Å². The van der Waals surface area contributed by atoms with Gasteiger partial charge in [-0.25, -0.2) is 0 Å². The zero-order valence-electron chi connectivity index (χ0n) is 21.1. The third-order valence-corrected chi connectivity index (χ3v) is 7.96. The van der Waals surface area contributed by atoms with E-state index in [4.69, 9.17) is 20.5 Å². The molecule has 3 aromatic rings. The summed E-state index contributed by atoms with van der Waals surface area (Å²) in [5.74, 6) is -0.985. The van der Waals surface area contributed by atoms with Crippen LogP contribution >= 0.6 is 23.4 Å². The van der Waals surface area contributed by atoms with Gasteiger partial charge in [-0.2, -0.15) is 8.42 Å². The molecular formula is C27H23ClN2O7S2. The number of aryl methyl sites for hydroxylation is 1. The second-order valence-electron chi connectivity index (χ2n) is 8.53. The van der Waals surface area contributed by atoms with E-state index in [9.17, 15) is 22.8 Å². The summed E-state index contributed by atoms with van der Waals surface area (Å²) in [6.07, 6.45) is 1.48. The number of ether oxygens (including phenoxy) is 1. The molecule has 4 rings (SSSR count). The number of nitrogens with one attached hydrogen (secondary N) is 1. The van der Waals surface area contributed by atoms with Crippen LogP contribution in [0.1, 0.15) is 23.6 Å². The van der Waals surface area contributed by atoms with Crippen molar-refractivity contribution in [2.45, 2.75) is 25.3 Å². The SMILES string of the molecule is COc1cc(/C=C2\SC(=O)N(Cc3ccc(C)cc3)C2=O)cc(Cl)c1OS(=O)(=O)c1ccc(NC(C)=O)cc1. The number of imide groups is 1. The van der Waals surface area contributed by atoms with Gasteiger partial charge in [0.05, 0.1) is 23.6 Å². The predicted molar refractivity (Wildman–Crippen MR) is 149 cm³/mol. The summed E-state index contributed by atoms with van der Waals surface area (Å²) < 4.78 is 36.4. The molecule has 3 amide bonds. The van der Waals surface area contributed by atoms with Crippen LogP contribution in [0.4, 0.5) is 10.5 Å². The number of nitrogens with zero attached hydrogens (tertiary/aromatic N) is 1. The van der Waals surface area contributed by atoms with Gasteiger partial charge in [-0.05, 0) is 72.3 Å². The molecule has 39 heavy (non-hydrogen) atoms. The molecule has 0 saturated carbocycles. The van der Waals surface area contributed by atoms with Crippen LogP contribution in [0.3, 0.4) is 0 Å². The lowest BCUT2D eigenvalue weighted by molar-refractivity contribution is -0.123. The summed E-state index contributed by atoms with van der Waals surface area (Å²) in [5.41, 5.74) is 2.71. The van der Waals surface area contributed by atoms with E-state index in [2.05, 4.69) is 5.32 Å². The van der Waals surface area contributed by atoms with Gasteiger partial charge in [0.1, 0.15) is 4.90 Å². The van der Waals surface area contributed by atoms with Crippen molar-refractivity contribution in [3.8, 4) is 11.5 Å². The Kier molecular flexibility index (Phi) is 8.34. The maximum atomic E-state index is 13.0. The minimum atomic E-state index is -4.31. The summed E-state index contributed by atoms with van der Waals surface area (Å²) in [4.78, 5) is 37.8. The highest BCUT2D eigenvalue weighted by molar-refractivity contribution is 8.18. The maximum absolute atomic E-state index is 13.0. The highest BCUT2D eigenvalue weighted by Crippen LogP contribution is 2.40. The third kappa shape index (κ3) is 6.62. The van der Waals surface area contributed by atoms with E-state index in [0.29, 0.717) is 11.3 Å². The summed E-state index contributed by atoms with van der Waals surface area (Å²) in [6, 6.07) is 15.8. The summed E-state index contributed by atoms with van der Waals surface area (Å²) in [5, 5.41) is 2.06. The molecule has 0 spiro atoms. The Morgan fingerprint density at radius 2 is 1.74 bits per heavy atom. The number of amides is 3. The number of rotatable bonds is 8. The van der Waals surface area contributed by atoms with Crippen molar-refractivity contribution in [3.05, 3.63) is 87.3 Å². The monoisotopic (exact) mass is 586 g/mol. The number of hydrogen-bond acceptors (Lipinski definition) is 8. The fourth-order valence-corrected chi connectivity index (χ4v) is 5.73. The third-order valence-electron chi connectivity index (χ3n) is 5.54. The molecule has 0 bridgehead atoms. The number of halogens is 1. The Morgan fingerprint density at radius 3 is 2.36 bits per heavy atom. The van der Waals surface area contributed by atoms with Crippen LogP contribution in [0.2, 0.25) is 5.02 Å². The van der Waals surface area contributed by atoms with Crippen molar-refractivity contribution in [1.82, 2.24) is 4.90 Å². The first-order valence-electron chi connectivity index (χ1n) is 11.5. The molecule has 1 aliphatic rings. The van der Waals surface area contributed by atoms with E-state index < -0.39 is 21.3 Å². The molecule has 1 heterocycles. The van der Waals surface area contributed by atoms with Gasteiger partial charge < -0.3 is 14.2 Å². The molecule has 0 aromatic heterocycles. The van der Waals surface area contributed by atoms with Crippen LogP contribution in [-0.4, -0.2) is 37.5 Å². The van der Waals surface area contributed by atoms with E-state index in [1.54, 1.807) is 0 Å². The maximum Gasteiger partial charge on any atom is 0.339 e. The Bertz CT molecular complexity index is 1590. The Labute approximate surface area is 234 Å². The Hall–Kier alpha value is -3.80. The average Bonchev–Trinajstić information content (AvgIpc) is 3.13. The van der Waals surface area contributed by atoms with Crippen molar-refractivity contribution in [2.24, 2.45) is 0 Å². The fourth-order valence-electron chi connectivity index (χ4n) is 3.63. The van der Waals surface area contributed by atoms with Crippen LogP contribution in [0, 0.1) is 6.92 Å². The van der Waals surface area contributed by atoms with Gasteiger partial charge >= 0.3 is 10.1 Å². The molecule has 1 saturated heterocycles. The Morgan fingerprint density at radius 1 is 1.08 bits per heavy atom. The van der Waals surface area contributed by atoms with Crippen LogP contribution in [0.25, 0.3) is 6.08 Å². The first-order chi connectivity index (χ1) is 18.5. The molecule has 0 radical (unpaired) electrons. The molecule has 12 heteroatoms. The summed E-state index contributed by atoms with van der Waals surface area (Å²) in [7, 11) is -2.99. The topological polar surface area (TPSA) is 119 Å². The normalized spacial score (nSPS) is 14.6.